The lowest BCUT2D eigenvalue weighted by Gasteiger charge is -2.22. The van der Waals surface area contributed by atoms with Gasteiger partial charge in [0.25, 0.3) is 5.91 Å². The lowest BCUT2D eigenvalue weighted by atomic mass is 10.2. The maximum absolute atomic E-state index is 12.5. The van der Waals surface area contributed by atoms with Gasteiger partial charge in [0.1, 0.15) is 11.5 Å². The van der Waals surface area contributed by atoms with Gasteiger partial charge >= 0.3 is 0 Å². The average molecular weight is 271 g/mol. The topological polar surface area (TPSA) is 74.8 Å². The van der Waals surface area contributed by atoms with Crippen LogP contribution in [-0.2, 0) is 0 Å². The number of likely N-dealkylation sites (tertiary alicyclic amines) is 1. The Morgan fingerprint density at radius 2 is 2.10 bits per heavy atom. The van der Waals surface area contributed by atoms with E-state index in [1.54, 1.807) is 18.6 Å². The van der Waals surface area contributed by atoms with Crippen LogP contribution in [0.25, 0.3) is 0 Å². The Hall–Kier alpha value is -2.24. The molecule has 1 atom stereocenters. The van der Waals surface area contributed by atoms with E-state index in [2.05, 4.69) is 19.9 Å². The highest BCUT2D eigenvalue weighted by atomic mass is 16.2. The Balaban J connectivity index is 1.85. The molecule has 1 amide bonds. The normalized spacial score (nSPS) is 18.5. The molecule has 0 bridgehead atoms. The molecule has 3 heterocycles. The van der Waals surface area contributed by atoms with Gasteiger partial charge in [0, 0.05) is 24.6 Å². The van der Waals surface area contributed by atoms with Crippen LogP contribution < -0.4 is 0 Å². The molecule has 3 rings (SSSR count). The molecular formula is C14H17N5O. The van der Waals surface area contributed by atoms with Gasteiger partial charge in [-0.25, -0.2) is 9.97 Å². The lowest BCUT2D eigenvalue weighted by Crippen LogP contribution is -2.31. The zero-order valence-corrected chi connectivity index (χ0v) is 11.6. The number of aromatic nitrogens is 4. The number of aryl methyl sites for hydroxylation is 2. The van der Waals surface area contributed by atoms with Crippen molar-refractivity contribution in [3.05, 3.63) is 41.5 Å². The second-order valence-corrected chi connectivity index (χ2v) is 5.15. The molecule has 0 radical (unpaired) electrons. The Morgan fingerprint density at radius 3 is 2.75 bits per heavy atom. The molecule has 1 saturated heterocycles. The minimum absolute atomic E-state index is 0.0132. The number of hydrogen-bond donors (Lipinski definition) is 1. The molecule has 1 aliphatic rings. The van der Waals surface area contributed by atoms with Gasteiger partial charge in [0.05, 0.1) is 17.9 Å². The van der Waals surface area contributed by atoms with E-state index >= 15 is 0 Å². The van der Waals surface area contributed by atoms with Gasteiger partial charge in [0.2, 0.25) is 0 Å². The second kappa shape index (κ2) is 5.03. The van der Waals surface area contributed by atoms with Crippen LogP contribution in [0.1, 0.15) is 46.6 Å². The Bertz CT molecular complexity index is 619. The van der Waals surface area contributed by atoms with Crippen molar-refractivity contribution in [3.63, 3.8) is 0 Å². The van der Waals surface area contributed by atoms with Crippen molar-refractivity contribution in [1.29, 1.82) is 0 Å². The summed E-state index contributed by atoms with van der Waals surface area (Å²) in [5, 5.41) is 0. The van der Waals surface area contributed by atoms with Crippen LogP contribution in [-0.4, -0.2) is 37.3 Å². The first kappa shape index (κ1) is 12.8. The summed E-state index contributed by atoms with van der Waals surface area (Å²) in [7, 11) is 0. The van der Waals surface area contributed by atoms with Gasteiger partial charge in [-0.15, -0.1) is 0 Å². The fourth-order valence-electron chi connectivity index (χ4n) is 2.55. The predicted octanol–water partition coefficient (Wildman–Crippen LogP) is 1.79. The molecule has 0 aliphatic carbocycles. The summed E-state index contributed by atoms with van der Waals surface area (Å²) in [6.45, 7) is 4.55. The predicted molar refractivity (Wildman–Crippen MR) is 73.1 cm³/mol. The maximum atomic E-state index is 12.5. The molecule has 6 nitrogen and oxygen atoms in total. The Labute approximate surface area is 117 Å². The lowest BCUT2D eigenvalue weighted by molar-refractivity contribution is 0.0724. The number of carbonyl (C=O) groups excluding carboxylic acids is 1. The second-order valence-electron chi connectivity index (χ2n) is 5.15. The highest BCUT2D eigenvalue weighted by molar-refractivity contribution is 5.92. The van der Waals surface area contributed by atoms with Crippen LogP contribution in [0.15, 0.2) is 18.6 Å². The minimum Gasteiger partial charge on any atom is -0.344 e. The average Bonchev–Trinajstić information content (AvgIpc) is 3.07. The summed E-state index contributed by atoms with van der Waals surface area (Å²) >= 11 is 0. The molecule has 0 spiro atoms. The van der Waals surface area contributed by atoms with Crippen LogP contribution in [0.4, 0.5) is 0 Å². The van der Waals surface area contributed by atoms with Gasteiger partial charge < -0.3 is 9.88 Å². The van der Waals surface area contributed by atoms with Crippen LogP contribution >= 0.6 is 0 Å². The van der Waals surface area contributed by atoms with Crippen molar-refractivity contribution in [2.24, 2.45) is 0 Å². The summed E-state index contributed by atoms with van der Waals surface area (Å²) in [4.78, 5) is 30.2. The zero-order chi connectivity index (χ0) is 14.1. The zero-order valence-electron chi connectivity index (χ0n) is 11.6. The van der Waals surface area contributed by atoms with E-state index in [4.69, 9.17) is 0 Å². The number of amides is 1. The third-order valence-electron chi connectivity index (χ3n) is 3.55. The molecule has 20 heavy (non-hydrogen) atoms. The van der Waals surface area contributed by atoms with E-state index in [0.29, 0.717) is 5.69 Å². The number of imidazole rings is 1. The van der Waals surface area contributed by atoms with E-state index in [1.807, 2.05) is 18.7 Å². The molecule has 2 aromatic heterocycles. The third-order valence-corrected chi connectivity index (χ3v) is 3.55. The smallest absolute Gasteiger partial charge is 0.274 e. The molecular weight excluding hydrogens is 254 g/mol. The van der Waals surface area contributed by atoms with Gasteiger partial charge in [-0.05, 0) is 26.7 Å². The number of nitrogens with one attached hydrogen (secondary N) is 1. The number of rotatable bonds is 2. The monoisotopic (exact) mass is 271 g/mol. The van der Waals surface area contributed by atoms with Crippen molar-refractivity contribution in [1.82, 2.24) is 24.8 Å². The van der Waals surface area contributed by atoms with Crippen molar-refractivity contribution in [2.75, 3.05) is 6.54 Å². The Kier molecular flexibility index (Phi) is 3.22. The standard InChI is InChI=1S/C14H17N5O/c1-9-6-16-11(8-15-9)14(20)19-5-3-4-12(19)13-17-7-10(2)18-13/h6-8,12H,3-5H2,1-2H3,(H,17,18)/t12-/m1/s1. The van der Waals surface area contributed by atoms with Crippen molar-refractivity contribution in [3.8, 4) is 0 Å². The molecule has 1 aliphatic heterocycles. The fourth-order valence-corrected chi connectivity index (χ4v) is 2.55. The first-order valence-corrected chi connectivity index (χ1v) is 6.76. The minimum atomic E-state index is -0.0750. The number of aromatic amines is 1. The van der Waals surface area contributed by atoms with Crippen molar-refractivity contribution < 1.29 is 4.79 Å². The van der Waals surface area contributed by atoms with Crippen molar-refractivity contribution in [2.45, 2.75) is 32.7 Å². The quantitative estimate of drug-likeness (QED) is 0.903. The van der Waals surface area contributed by atoms with E-state index < -0.39 is 0 Å². The molecule has 0 saturated carbocycles. The summed E-state index contributed by atoms with van der Waals surface area (Å²) < 4.78 is 0. The largest absolute Gasteiger partial charge is 0.344 e. The molecule has 2 aromatic rings. The number of carbonyl (C=O) groups is 1. The van der Waals surface area contributed by atoms with E-state index in [0.717, 1.165) is 36.6 Å². The summed E-state index contributed by atoms with van der Waals surface area (Å²) in [5.41, 5.74) is 2.21. The van der Waals surface area contributed by atoms with E-state index in [9.17, 15) is 4.79 Å². The van der Waals surface area contributed by atoms with Crippen LogP contribution in [0.5, 0.6) is 0 Å². The molecule has 6 heteroatoms. The summed E-state index contributed by atoms with van der Waals surface area (Å²) in [6.07, 6.45) is 6.87. The van der Waals surface area contributed by atoms with Gasteiger partial charge in [0.15, 0.2) is 0 Å². The fraction of sp³-hybridized carbons (Fsp3) is 0.429. The first-order chi connectivity index (χ1) is 9.65. The number of nitrogens with zero attached hydrogens (tertiary/aromatic N) is 4. The van der Waals surface area contributed by atoms with E-state index in [1.165, 1.54) is 0 Å². The SMILES string of the molecule is Cc1cnc(C(=O)N2CCC[C@@H]2c2ncc(C)[nH]2)cn1. The van der Waals surface area contributed by atoms with Gasteiger partial charge in [-0.1, -0.05) is 0 Å². The van der Waals surface area contributed by atoms with Gasteiger partial charge in [-0.3, -0.25) is 9.78 Å². The molecule has 0 unspecified atom stereocenters. The Morgan fingerprint density at radius 1 is 1.25 bits per heavy atom. The van der Waals surface area contributed by atoms with Crippen molar-refractivity contribution >= 4 is 5.91 Å². The number of hydrogen-bond acceptors (Lipinski definition) is 4. The molecule has 1 N–H and O–H groups in total. The molecule has 0 aromatic carbocycles. The van der Waals surface area contributed by atoms with Crippen LogP contribution in [0, 0.1) is 13.8 Å². The number of H-pyrrole nitrogens is 1. The highest BCUT2D eigenvalue weighted by Gasteiger charge is 2.32. The highest BCUT2D eigenvalue weighted by Crippen LogP contribution is 2.31. The van der Waals surface area contributed by atoms with Crippen LogP contribution in [0.3, 0.4) is 0 Å². The molecule has 104 valence electrons. The summed E-state index contributed by atoms with van der Waals surface area (Å²) in [5.74, 6) is 0.780. The first-order valence-electron chi connectivity index (χ1n) is 6.76. The molecule has 1 fully saturated rings. The van der Waals surface area contributed by atoms with Crippen LogP contribution in [0.2, 0.25) is 0 Å². The maximum Gasteiger partial charge on any atom is 0.274 e. The third kappa shape index (κ3) is 2.29. The van der Waals surface area contributed by atoms with E-state index in [-0.39, 0.29) is 11.9 Å². The summed E-state index contributed by atoms with van der Waals surface area (Å²) in [6, 6.07) is 0.0132. The van der Waals surface area contributed by atoms with Gasteiger partial charge in [-0.2, -0.15) is 0 Å².